The number of primary sulfonamides is 1. The number of hydrogen-bond acceptors (Lipinski definition) is 6. The van der Waals surface area contributed by atoms with Gasteiger partial charge in [0.25, 0.3) is 5.91 Å². The first kappa shape index (κ1) is 22.2. The van der Waals surface area contributed by atoms with Gasteiger partial charge in [0.15, 0.2) is 0 Å². The molecule has 2 aromatic carbocycles. The van der Waals surface area contributed by atoms with Crippen LogP contribution in [0.4, 0.5) is 5.69 Å². The van der Waals surface area contributed by atoms with Crippen LogP contribution in [0.25, 0.3) is 0 Å². The molecule has 1 heterocycles. The molecule has 162 valence electrons. The number of rotatable bonds is 8. The summed E-state index contributed by atoms with van der Waals surface area (Å²) in [5, 5.41) is 8.17. The zero-order valence-corrected chi connectivity index (χ0v) is 17.9. The average Bonchev–Trinajstić information content (AvgIpc) is 2.74. The molecule has 0 aromatic heterocycles. The highest BCUT2D eigenvalue weighted by molar-refractivity contribution is 7.89. The van der Waals surface area contributed by atoms with E-state index in [1.54, 1.807) is 6.07 Å². The second-order valence-corrected chi connectivity index (χ2v) is 8.86. The fourth-order valence-corrected chi connectivity index (χ4v) is 3.92. The van der Waals surface area contributed by atoms with Gasteiger partial charge in [-0.05, 0) is 30.8 Å². The van der Waals surface area contributed by atoms with Gasteiger partial charge < -0.3 is 19.9 Å². The first-order valence-corrected chi connectivity index (χ1v) is 11.4. The quantitative estimate of drug-likeness (QED) is 0.646. The zero-order valence-electron chi connectivity index (χ0n) is 17.1. The highest BCUT2D eigenvalue weighted by atomic mass is 32.2. The van der Waals surface area contributed by atoms with E-state index in [-0.39, 0.29) is 10.8 Å². The number of benzene rings is 2. The molecule has 0 atom stereocenters. The van der Waals surface area contributed by atoms with Crippen LogP contribution >= 0.6 is 0 Å². The SMILES string of the molecule is CN(CCNC(=O)c1cc(S(N)(=O)=O)ccc1N1CCOCC1)Cc1ccccc1. The first-order valence-electron chi connectivity index (χ1n) is 9.85. The van der Waals surface area contributed by atoms with Crippen molar-refractivity contribution in [2.24, 2.45) is 5.14 Å². The second kappa shape index (κ2) is 10.0. The van der Waals surface area contributed by atoms with Crippen molar-refractivity contribution in [1.82, 2.24) is 10.2 Å². The Labute approximate surface area is 177 Å². The van der Waals surface area contributed by atoms with Crippen LogP contribution in [0.2, 0.25) is 0 Å². The Kier molecular flexibility index (Phi) is 7.43. The third-order valence-electron chi connectivity index (χ3n) is 4.97. The second-order valence-electron chi connectivity index (χ2n) is 7.30. The molecule has 1 aliphatic rings. The summed E-state index contributed by atoms with van der Waals surface area (Å²) in [7, 11) is -1.92. The van der Waals surface area contributed by atoms with E-state index in [0.717, 1.165) is 6.54 Å². The summed E-state index contributed by atoms with van der Waals surface area (Å²) in [6.45, 7) is 4.25. The number of hydrogen-bond donors (Lipinski definition) is 2. The molecule has 0 spiro atoms. The number of carbonyl (C=O) groups excluding carboxylic acids is 1. The van der Waals surface area contributed by atoms with Crippen molar-refractivity contribution in [2.75, 3.05) is 51.3 Å². The summed E-state index contributed by atoms with van der Waals surface area (Å²) in [4.78, 5) is 17.0. The van der Waals surface area contributed by atoms with Gasteiger partial charge in [0, 0.05) is 38.4 Å². The number of sulfonamides is 1. The lowest BCUT2D eigenvalue weighted by Crippen LogP contribution is -2.38. The van der Waals surface area contributed by atoms with E-state index in [1.165, 1.54) is 17.7 Å². The summed E-state index contributed by atoms with van der Waals surface area (Å²) in [5.41, 5.74) is 2.18. The Morgan fingerprint density at radius 2 is 1.87 bits per heavy atom. The molecule has 0 unspecified atom stereocenters. The van der Waals surface area contributed by atoms with Crippen LogP contribution in [0.5, 0.6) is 0 Å². The van der Waals surface area contributed by atoms with E-state index >= 15 is 0 Å². The molecular formula is C21H28N4O4S. The normalized spacial score (nSPS) is 14.7. The predicted octanol–water partition coefficient (Wildman–Crippen LogP) is 1.03. The van der Waals surface area contributed by atoms with E-state index in [4.69, 9.17) is 9.88 Å². The number of likely N-dealkylation sites (N-methyl/N-ethyl adjacent to an activating group) is 1. The molecular weight excluding hydrogens is 404 g/mol. The van der Waals surface area contributed by atoms with Crippen molar-refractivity contribution in [3.63, 3.8) is 0 Å². The standard InChI is InChI=1S/C21H28N4O4S/c1-24(16-17-5-3-2-4-6-17)10-9-23-21(26)19-15-18(30(22,27)28)7-8-20(19)25-11-13-29-14-12-25/h2-8,15H,9-14,16H2,1H3,(H,23,26)(H2,22,27,28). The fraction of sp³-hybridized carbons (Fsp3) is 0.381. The van der Waals surface area contributed by atoms with Crippen LogP contribution in [-0.4, -0.2) is 65.7 Å². The van der Waals surface area contributed by atoms with Gasteiger partial charge in [-0.1, -0.05) is 30.3 Å². The topological polar surface area (TPSA) is 105 Å². The summed E-state index contributed by atoms with van der Waals surface area (Å²) in [6, 6.07) is 14.5. The first-order chi connectivity index (χ1) is 14.3. The third-order valence-corrected chi connectivity index (χ3v) is 5.88. The summed E-state index contributed by atoms with van der Waals surface area (Å²) < 4.78 is 28.9. The highest BCUT2D eigenvalue weighted by Gasteiger charge is 2.21. The van der Waals surface area contributed by atoms with Gasteiger partial charge >= 0.3 is 0 Å². The molecule has 3 N–H and O–H groups in total. The lowest BCUT2D eigenvalue weighted by molar-refractivity contribution is 0.0948. The average molecular weight is 433 g/mol. The van der Waals surface area contributed by atoms with E-state index in [0.29, 0.717) is 50.6 Å². The van der Waals surface area contributed by atoms with Crippen LogP contribution in [0.15, 0.2) is 53.4 Å². The van der Waals surface area contributed by atoms with Crippen molar-refractivity contribution in [2.45, 2.75) is 11.4 Å². The largest absolute Gasteiger partial charge is 0.378 e. The maximum atomic E-state index is 12.9. The van der Waals surface area contributed by atoms with Gasteiger partial charge in [-0.3, -0.25) is 4.79 Å². The minimum Gasteiger partial charge on any atom is -0.378 e. The van der Waals surface area contributed by atoms with E-state index < -0.39 is 10.0 Å². The number of amides is 1. The molecule has 2 aromatic rings. The van der Waals surface area contributed by atoms with Crippen LogP contribution in [0.3, 0.4) is 0 Å². The molecule has 1 saturated heterocycles. The number of nitrogens with one attached hydrogen (secondary N) is 1. The minimum absolute atomic E-state index is 0.0779. The fourth-order valence-electron chi connectivity index (χ4n) is 3.38. The van der Waals surface area contributed by atoms with Gasteiger partial charge in [-0.25, -0.2) is 13.6 Å². The van der Waals surface area contributed by atoms with E-state index in [1.807, 2.05) is 30.1 Å². The van der Waals surface area contributed by atoms with Gasteiger partial charge in [0.1, 0.15) is 0 Å². The van der Waals surface area contributed by atoms with Crippen molar-refractivity contribution in [3.8, 4) is 0 Å². The van der Waals surface area contributed by atoms with E-state index in [9.17, 15) is 13.2 Å². The summed E-state index contributed by atoms with van der Waals surface area (Å²) in [5.74, 6) is -0.324. The van der Waals surface area contributed by atoms with Crippen LogP contribution in [0.1, 0.15) is 15.9 Å². The Morgan fingerprint density at radius 3 is 2.53 bits per heavy atom. The van der Waals surface area contributed by atoms with Crippen LogP contribution in [0, 0.1) is 0 Å². The Morgan fingerprint density at radius 1 is 1.17 bits per heavy atom. The van der Waals surface area contributed by atoms with Crippen LogP contribution in [-0.2, 0) is 21.3 Å². The van der Waals surface area contributed by atoms with Crippen molar-refractivity contribution < 1.29 is 17.9 Å². The molecule has 8 nitrogen and oxygen atoms in total. The highest BCUT2D eigenvalue weighted by Crippen LogP contribution is 2.25. The molecule has 0 aliphatic carbocycles. The van der Waals surface area contributed by atoms with Gasteiger partial charge in [-0.2, -0.15) is 0 Å². The lowest BCUT2D eigenvalue weighted by Gasteiger charge is -2.30. The van der Waals surface area contributed by atoms with Gasteiger partial charge in [0.2, 0.25) is 10.0 Å². The Hall–Kier alpha value is -2.46. The minimum atomic E-state index is -3.91. The maximum absolute atomic E-state index is 12.9. The molecule has 30 heavy (non-hydrogen) atoms. The molecule has 0 bridgehead atoms. The van der Waals surface area contributed by atoms with Gasteiger partial charge in [0.05, 0.1) is 23.7 Å². The third kappa shape index (κ3) is 6.02. The molecule has 1 aliphatic heterocycles. The number of nitrogens with zero attached hydrogens (tertiary/aromatic N) is 2. The summed E-state index contributed by atoms with van der Waals surface area (Å²) >= 11 is 0. The number of ether oxygens (including phenoxy) is 1. The molecule has 1 fully saturated rings. The molecule has 9 heteroatoms. The molecule has 0 radical (unpaired) electrons. The van der Waals surface area contributed by atoms with Crippen LogP contribution < -0.4 is 15.4 Å². The molecule has 3 rings (SSSR count). The maximum Gasteiger partial charge on any atom is 0.253 e. The predicted molar refractivity (Wildman–Crippen MR) is 116 cm³/mol. The summed E-state index contributed by atoms with van der Waals surface area (Å²) in [6.07, 6.45) is 0. The van der Waals surface area contributed by atoms with Crippen molar-refractivity contribution in [1.29, 1.82) is 0 Å². The smallest absolute Gasteiger partial charge is 0.253 e. The molecule has 0 saturated carbocycles. The van der Waals surface area contributed by atoms with E-state index in [2.05, 4.69) is 22.3 Å². The van der Waals surface area contributed by atoms with Crippen molar-refractivity contribution >= 4 is 21.6 Å². The Bertz CT molecular complexity index is 960. The lowest BCUT2D eigenvalue weighted by atomic mass is 10.1. The zero-order chi connectivity index (χ0) is 21.6. The van der Waals surface area contributed by atoms with Gasteiger partial charge in [-0.15, -0.1) is 0 Å². The number of nitrogens with two attached hydrogens (primary N) is 1. The monoisotopic (exact) mass is 432 g/mol. The number of anilines is 1. The molecule has 1 amide bonds. The number of carbonyl (C=O) groups is 1. The Balaban J connectivity index is 1.68. The van der Waals surface area contributed by atoms with Crippen molar-refractivity contribution in [3.05, 3.63) is 59.7 Å². The number of morpholine rings is 1.